The summed E-state index contributed by atoms with van der Waals surface area (Å²) in [5, 5.41) is 2.99. The first-order valence-corrected chi connectivity index (χ1v) is 13.0. The Morgan fingerprint density at radius 1 is 0.972 bits per heavy atom. The Balaban J connectivity index is 1.69. The smallest absolute Gasteiger partial charge is 0.225 e. The van der Waals surface area contributed by atoms with Crippen LogP contribution in [0.15, 0.2) is 46.1 Å². The van der Waals surface area contributed by atoms with Crippen molar-refractivity contribution in [3.05, 3.63) is 57.2 Å². The number of nitrogens with one attached hydrogen (secondary N) is 1. The third kappa shape index (κ3) is 5.24. The minimum Gasteiger partial charge on any atom is -0.493 e. The standard InChI is InChI=1S/C28H32BrNO6/c1-6-35-25-13-18(9-20(29)28(25)34-5)19-14-26(32)30-21-10-17(11-22(31)27(19)21)16-7-8-23(36-15(2)3)24(12-16)33-4/h7-9,12-13,15,17,19H,6,10-11,14H2,1-5H3,(H,30,32). The average Bonchev–Trinajstić information content (AvgIpc) is 2.83. The van der Waals surface area contributed by atoms with Gasteiger partial charge in [0.25, 0.3) is 0 Å². The summed E-state index contributed by atoms with van der Waals surface area (Å²) in [4.78, 5) is 26.3. The molecule has 1 N–H and O–H groups in total. The largest absolute Gasteiger partial charge is 0.493 e. The molecule has 7 nitrogen and oxygen atoms in total. The first-order chi connectivity index (χ1) is 17.2. The van der Waals surface area contributed by atoms with Crippen LogP contribution in [0, 0.1) is 0 Å². The molecule has 8 heteroatoms. The summed E-state index contributed by atoms with van der Waals surface area (Å²) in [5.74, 6) is 1.98. The number of ketones is 1. The number of halogens is 1. The molecule has 4 rings (SSSR count). The number of allylic oxidation sites excluding steroid dienone is 2. The average molecular weight is 558 g/mol. The maximum atomic E-state index is 13.6. The minimum atomic E-state index is -0.347. The fourth-order valence-corrected chi connectivity index (χ4v) is 5.64. The highest BCUT2D eigenvalue weighted by Crippen LogP contribution is 2.46. The van der Waals surface area contributed by atoms with Gasteiger partial charge in [-0.2, -0.15) is 0 Å². The monoisotopic (exact) mass is 557 g/mol. The molecule has 192 valence electrons. The van der Waals surface area contributed by atoms with Gasteiger partial charge >= 0.3 is 0 Å². The summed E-state index contributed by atoms with van der Waals surface area (Å²) in [5.41, 5.74) is 3.20. The van der Waals surface area contributed by atoms with E-state index in [-0.39, 0.29) is 36.1 Å². The van der Waals surface area contributed by atoms with Gasteiger partial charge in [-0.3, -0.25) is 9.59 Å². The second-order valence-corrected chi connectivity index (χ2v) is 10.1. The molecule has 36 heavy (non-hydrogen) atoms. The molecular formula is C28H32BrNO6. The first kappa shape index (κ1) is 26.1. The second-order valence-electron chi connectivity index (χ2n) is 9.27. The SMILES string of the molecule is CCOc1cc(C2CC(=O)NC3=C2C(=O)CC(c2ccc(OC(C)C)c(OC)c2)C3)cc(Br)c1OC. The molecule has 1 aliphatic heterocycles. The number of carbonyl (C=O) groups excluding carboxylic acids is 2. The zero-order valence-corrected chi connectivity index (χ0v) is 22.9. The maximum absolute atomic E-state index is 13.6. The zero-order chi connectivity index (χ0) is 26.0. The van der Waals surface area contributed by atoms with Crippen LogP contribution < -0.4 is 24.3 Å². The van der Waals surface area contributed by atoms with Crippen molar-refractivity contribution in [3.63, 3.8) is 0 Å². The normalized spacial score (nSPS) is 19.6. The Morgan fingerprint density at radius 3 is 2.39 bits per heavy atom. The predicted molar refractivity (Wildman–Crippen MR) is 140 cm³/mol. The van der Waals surface area contributed by atoms with Crippen LogP contribution >= 0.6 is 15.9 Å². The number of hydrogen-bond donors (Lipinski definition) is 1. The quantitative estimate of drug-likeness (QED) is 0.451. The zero-order valence-electron chi connectivity index (χ0n) is 21.3. The molecule has 1 aliphatic carbocycles. The highest BCUT2D eigenvalue weighted by molar-refractivity contribution is 9.10. The molecule has 0 aromatic heterocycles. The molecule has 1 heterocycles. The third-order valence-electron chi connectivity index (χ3n) is 6.50. The van der Waals surface area contributed by atoms with Gasteiger partial charge in [0.2, 0.25) is 5.91 Å². The van der Waals surface area contributed by atoms with Crippen molar-refractivity contribution in [1.29, 1.82) is 0 Å². The van der Waals surface area contributed by atoms with Crippen molar-refractivity contribution in [2.24, 2.45) is 0 Å². The molecule has 2 aliphatic rings. The van der Waals surface area contributed by atoms with Crippen LogP contribution in [-0.2, 0) is 9.59 Å². The van der Waals surface area contributed by atoms with Gasteiger partial charge in [-0.1, -0.05) is 6.07 Å². The molecule has 0 radical (unpaired) electrons. The number of hydrogen-bond acceptors (Lipinski definition) is 6. The van der Waals surface area contributed by atoms with E-state index in [2.05, 4.69) is 21.2 Å². The van der Waals surface area contributed by atoms with E-state index in [0.717, 1.165) is 15.6 Å². The number of benzene rings is 2. The lowest BCUT2D eigenvalue weighted by molar-refractivity contribution is -0.122. The van der Waals surface area contributed by atoms with Gasteiger partial charge in [0.05, 0.1) is 31.4 Å². The fraction of sp³-hybridized carbons (Fsp3) is 0.429. The van der Waals surface area contributed by atoms with Crippen LogP contribution in [0.2, 0.25) is 0 Å². The number of amides is 1. The Kier molecular flexibility index (Phi) is 7.93. The summed E-state index contributed by atoms with van der Waals surface area (Å²) in [7, 11) is 3.19. The van der Waals surface area contributed by atoms with Gasteiger partial charge in [0.15, 0.2) is 28.8 Å². The summed E-state index contributed by atoms with van der Waals surface area (Å²) < 4.78 is 23.4. The van der Waals surface area contributed by atoms with Gasteiger partial charge in [-0.05, 0) is 84.4 Å². The lowest BCUT2D eigenvalue weighted by Crippen LogP contribution is -2.38. The number of rotatable bonds is 8. The van der Waals surface area contributed by atoms with E-state index in [4.69, 9.17) is 18.9 Å². The van der Waals surface area contributed by atoms with E-state index >= 15 is 0 Å². The molecule has 2 aromatic rings. The van der Waals surface area contributed by atoms with Crippen molar-refractivity contribution < 1.29 is 28.5 Å². The second kappa shape index (κ2) is 10.9. The lowest BCUT2D eigenvalue weighted by atomic mass is 9.73. The molecule has 2 aromatic carbocycles. The van der Waals surface area contributed by atoms with E-state index in [0.29, 0.717) is 53.7 Å². The summed E-state index contributed by atoms with van der Waals surface area (Å²) in [6.07, 6.45) is 1.14. The van der Waals surface area contributed by atoms with Gasteiger partial charge in [0, 0.05) is 30.0 Å². The predicted octanol–water partition coefficient (Wildman–Crippen LogP) is 5.66. The van der Waals surface area contributed by atoms with E-state index in [1.807, 2.05) is 51.1 Å². The Hall–Kier alpha value is -3.00. The Bertz CT molecular complexity index is 1200. The molecule has 2 unspecified atom stereocenters. The molecule has 2 atom stereocenters. The molecule has 0 spiro atoms. The molecule has 0 saturated heterocycles. The van der Waals surface area contributed by atoms with Crippen molar-refractivity contribution in [2.45, 2.75) is 58.0 Å². The van der Waals surface area contributed by atoms with Crippen LogP contribution in [0.3, 0.4) is 0 Å². The van der Waals surface area contributed by atoms with Crippen molar-refractivity contribution in [3.8, 4) is 23.0 Å². The minimum absolute atomic E-state index is 0.0179. The topological polar surface area (TPSA) is 83.1 Å². The Labute approximate surface area is 220 Å². The molecule has 0 bridgehead atoms. The van der Waals surface area contributed by atoms with E-state index in [9.17, 15) is 9.59 Å². The Morgan fingerprint density at radius 2 is 1.72 bits per heavy atom. The number of methoxy groups -OCH3 is 2. The highest BCUT2D eigenvalue weighted by Gasteiger charge is 2.39. The van der Waals surface area contributed by atoms with Gasteiger partial charge in [-0.15, -0.1) is 0 Å². The third-order valence-corrected chi connectivity index (χ3v) is 7.09. The van der Waals surface area contributed by atoms with Crippen molar-refractivity contribution in [1.82, 2.24) is 5.32 Å². The lowest BCUT2D eigenvalue weighted by Gasteiger charge is -2.35. The van der Waals surface area contributed by atoms with Gasteiger partial charge in [0.1, 0.15) is 0 Å². The number of ether oxygens (including phenoxy) is 4. The van der Waals surface area contributed by atoms with E-state index in [1.165, 1.54) is 0 Å². The van der Waals surface area contributed by atoms with Crippen LogP contribution in [-0.4, -0.2) is 38.6 Å². The van der Waals surface area contributed by atoms with Gasteiger partial charge < -0.3 is 24.3 Å². The summed E-state index contributed by atoms with van der Waals surface area (Å²) >= 11 is 3.56. The summed E-state index contributed by atoms with van der Waals surface area (Å²) in [6.45, 7) is 6.29. The van der Waals surface area contributed by atoms with E-state index in [1.54, 1.807) is 14.2 Å². The molecular weight excluding hydrogens is 526 g/mol. The maximum Gasteiger partial charge on any atom is 0.225 e. The number of carbonyl (C=O) groups is 2. The van der Waals surface area contributed by atoms with Crippen LogP contribution in [0.5, 0.6) is 23.0 Å². The van der Waals surface area contributed by atoms with Crippen LogP contribution in [0.25, 0.3) is 0 Å². The summed E-state index contributed by atoms with van der Waals surface area (Å²) in [6, 6.07) is 9.57. The van der Waals surface area contributed by atoms with Crippen molar-refractivity contribution >= 4 is 27.6 Å². The van der Waals surface area contributed by atoms with Gasteiger partial charge in [-0.25, -0.2) is 0 Å². The van der Waals surface area contributed by atoms with Crippen molar-refractivity contribution in [2.75, 3.05) is 20.8 Å². The molecule has 0 fully saturated rings. The highest BCUT2D eigenvalue weighted by atomic mass is 79.9. The molecule has 0 saturated carbocycles. The van der Waals surface area contributed by atoms with Crippen LogP contribution in [0.1, 0.15) is 63.0 Å². The number of Topliss-reactive ketones (excluding diaryl/α,β-unsaturated/α-hetero) is 1. The first-order valence-electron chi connectivity index (χ1n) is 12.2. The molecule has 1 amide bonds. The van der Waals surface area contributed by atoms with E-state index < -0.39 is 0 Å². The fourth-order valence-electron chi connectivity index (χ4n) is 5.02. The van der Waals surface area contributed by atoms with Crippen LogP contribution in [0.4, 0.5) is 0 Å².